The average Bonchev–Trinajstić information content (AvgIpc) is 3.42. The van der Waals surface area contributed by atoms with Gasteiger partial charge in [-0.05, 0) is 43.3 Å². The smallest absolute Gasteiger partial charge is 0.277 e. The van der Waals surface area contributed by atoms with Gasteiger partial charge in [-0.25, -0.2) is 14.0 Å². The zero-order valence-electron chi connectivity index (χ0n) is 17.8. The highest BCUT2D eigenvalue weighted by molar-refractivity contribution is 6.65. The Hall–Kier alpha value is -3.28. The van der Waals surface area contributed by atoms with Crippen molar-refractivity contribution in [1.29, 1.82) is 5.26 Å². The van der Waals surface area contributed by atoms with Crippen LogP contribution in [0.3, 0.4) is 0 Å². The van der Waals surface area contributed by atoms with Gasteiger partial charge in [-0.2, -0.15) is 4.98 Å². The van der Waals surface area contributed by atoms with Crippen molar-refractivity contribution in [2.45, 2.75) is 44.7 Å². The van der Waals surface area contributed by atoms with E-state index in [2.05, 4.69) is 34.3 Å². The van der Waals surface area contributed by atoms with Gasteiger partial charge in [0.1, 0.15) is 5.71 Å². The van der Waals surface area contributed by atoms with Gasteiger partial charge in [0.05, 0.1) is 11.1 Å². The van der Waals surface area contributed by atoms with Crippen LogP contribution >= 0.6 is 0 Å². The van der Waals surface area contributed by atoms with Crippen LogP contribution in [0.25, 0.3) is 0 Å². The Balaban J connectivity index is 0.00000166. The molecule has 0 atom stereocenters. The van der Waals surface area contributed by atoms with Crippen molar-refractivity contribution in [3.05, 3.63) is 72.0 Å². The maximum Gasteiger partial charge on any atom is 0.277 e. The second kappa shape index (κ2) is 10.7. The fourth-order valence-electron chi connectivity index (χ4n) is 3.21. The van der Waals surface area contributed by atoms with E-state index in [4.69, 9.17) is 15.5 Å². The monoisotopic (exact) mass is 425 g/mol. The molecule has 0 amide bonds. The molecule has 2 aromatic rings. The minimum absolute atomic E-state index is 0.0491. The first-order valence-corrected chi connectivity index (χ1v) is 9.97. The molecule has 1 aliphatic rings. The molecule has 2 N–H and O–H groups in total. The van der Waals surface area contributed by atoms with Crippen molar-refractivity contribution in [2.24, 2.45) is 10.7 Å². The van der Waals surface area contributed by atoms with Crippen molar-refractivity contribution in [2.75, 3.05) is 6.54 Å². The SMILES string of the molecule is C=C.CB(C#N)CCN=C(/C=C(\N)C(F)F)c1nc(C2(c3ccccc3C)CC2)no1. The van der Waals surface area contributed by atoms with Crippen LogP contribution in [0.2, 0.25) is 13.1 Å². The highest BCUT2D eigenvalue weighted by Gasteiger charge is 2.50. The summed E-state index contributed by atoms with van der Waals surface area (Å²) in [5, 5.41) is 13.0. The Kier molecular flexibility index (Phi) is 8.26. The third kappa shape index (κ3) is 5.66. The number of allylic oxidation sites excluding steroid dienone is 2. The molecular weight excluding hydrogens is 399 g/mol. The Morgan fingerprint density at radius 3 is 2.68 bits per heavy atom. The van der Waals surface area contributed by atoms with Crippen molar-refractivity contribution in [3.8, 4) is 5.97 Å². The highest BCUT2D eigenvalue weighted by Crippen LogP contribution is 2.53. The number of aromatic nitrogens is 2. The molecule has 1 aromatic heterocycles. The van der Waals surface area contributed by atoms with E-state index in [1.165, 1.54) is 0 Å². The molecule has 162 valence electrons. The van der Waals surface area contributed by atoms with Gasteiger partial charge >= 0.3 is 0 Å². The first-order chi connectivity index (χ1) is 14.9. The number of nitrogens with two attached hydrogens (primary N) is 1. The van der Waals surface area contributed by atoms with Gasteiger partial charge in [0.2, 0.25) is 0 Å². The third-order valence-electron chi connectivity index (χ3n) is 5.10. The Morgan fingerprint density at radius 2 is 2.10 bits per heavy atom. The Labute approximate surface area is 181 Å². The second-order valence-electron chi connectivity index (χ2n) is 7.35. The molecule has 0 aliphatic heterocycles. The highest BCUT2D eigenvalue weighted by atomic mass is 19.3. The van der Waals surface area contributed by atoms with Crippen LogP contribution in [0, 0.1) is 18.2 Å². The summed E-state index contributed by atoms with van der Waals surface area (Å²) < 4.78 is 31.2. The lowest BCUT2D eigenvalue weighted by Crippen LogP contribution is -2.14. The number of benzene rings is 1. The van der Waals surface area contributed by atoms with Crippen LogP contribution in [0.15, 0.2) is 58.7 Å². The van der Waals surface area contributed by atoms with Gasteiger partial charge in [-0.15, -0.1) is 13.2 Å². The number of nitriles is 1. The first kappa shape index (κ1) is 24.0. The summed E-state index contributed by atoms with van der Waals surface area (Å²) in [6.45, 7) is 9.86. The number of hydrogen-bond donors (Lipinski definition) is 1. The number of rotatable bonds is 8. The molecule has 9 heteroatoms. The first-order valence-electron chi connectivity index (χ1n) is 9.97. The number of nitrogens with zero attached hydrogens (tertiary/aromatic N) is 4. The normalized spacial score (nSPS) is 15.1. The van der Waals surface area contributed by atoms with Crippen LogP contribution in [0.5, 0.6) is 0 Å². The van der Waals surface area contributed by atoms with Gasteiger partial charge in [-0.1, -0.05) is 36.2 Å². The molecule has 6 nitrogen and oxygen atoms in total. The van der Waals surface area contributed by atoms with E-state index in [-0.39, 0.29) is 30.3 Å². The minimum Gasteiger partial charge on any atom is -0.397 e. The summed E-state index contributed by atoms with van der Waals surface area (Å²) in [5.74, 6) is 2.68. The Morgan fingerprint density at radius 1 is 1.42 bits per heavy atom. The molecule has 3 rings (SSSR count). The summed E-state index contributed by atoms with van der Waals surface area (Å²) in [7, 11) is 0. The van der Waals surface area contributed by atoms with E-state index >= 15 is 0 Å². The summed E-state index contributed by atoms with van der Waals surface area (Å²) in [5.41, 5.74) is 6.85. The molecule has 1 saturated carbocycles. The summed E-state index contributed by atoms with van der Waals surface area (Å²) >= 11 is 0. The van der Waals surface area contributed by atoms with Gasteiger partial charge in [0, 0.05) is 12.5 Å². The number of aryl methyl sites for hydroxylation is 1. The average molecular weight is 425 g/mol. The maximum atomic E-state index is 12.9. The molecule has 0 bridgehead atoms. The second-order valence-corrected chi connectivity index (χ2v) is 7.35. The molecule has 0 saturated heterocycles. The van der Waals surface area contributed by atoms with Crippen LogP contribution in [-0.2, 0) is 5.41 Å². The van der Waals surface area contributed by atoms with Gasteiger partial charge in [-0.3, -0.25) is 4.99 Å². The van der Waals surface area contributed by atoms with Crippen LogP contribution in [-0.4, -0.2) is 35.5 Å². The molecule has 31 heavy (non-hydrogen) atoms. The van der Waals surface area contributed by atoms with Gasteiger partial charge < -0.3 is 10.3 Å². The predicted molar refractivity (Wildman–Crippen MR) is 118 cm³/mol. The van der Waals surface area contributed by atoms with Crippen molar-refractivity contribution in [1.82, 2.24) is 10.1 Å². The molecule has 1 heterocycles. The van der Waals surface area contributed by atoms with Gasteiger partial charge in [0.15, 0.2) is 5.82 Å². The van der Waals surface area contributed by atoms with E-state index in [1.54, 1.807) is 6.82 Å². The number of alkyl halides is 2. The van der Waals surface area contributed by atoms with Gasteiger partial charge in [0.25, 0.3) is 19.0 Å². The number of aliphatic imine (C=N–C) groups is 1. The summed E-state index contributed by atoms with van der Waals surface area (Å²) in [6.07, 6.45) is 0.501. The topological polar surface area (TPSA) is 101 Å². The fraction of sp³-hybridized carbons (Fsp3) is 0.364. The fourth-order valence-corrected chi connectivity index (χ4v) is 3.21. The zero-order chi connectivity index (χ0) is 23.0. The van der Waals surface area contributed by atoms with Crippen molar-refractivity contribution in [3.63, 3.8) is 0 Å². The molecule has 1 aliphatic carbocycles. The molecule has 0 spiro atoms. The minimum atomic E-state index is -2.82. The standard InChI is InChI=1S/C20H22BF2N5O.C2H4/c1-13-5-3-4-6-14(13)20(7-8-20)19-27-18(29-28-19)16(11-15(25)17(22)23)26-10-9-21(2)12-24;1-2/h3-6,11,17H,7-10,25H2,1-2H3;1-2H2/b15-11-,26-16?;. The van der Waals surface area contributed by atoms with Crippen molar-refractivity contribution < 1.29 is 13.3 Å². The van der Waals surface area contributed by atoms with Crippen LogP contribution in [0.1, 0.15) is 35.7 Å². The largest absolute Gasteiger partial charge is 0.397 e. The van der Waals surface area contributed by atoms with E-state index in [0.717, 1.165) is 30.0 Å². The van der Waals surface area contributed by atoms with E-state index in [9.17, 15) is 8.78 Å². The van der Waals surface area contributed by atoms with E-state index in [1.807, 2.05) is 31.2 Å². The lowest BCUT2D eigenvalue weighted by Gasteiger charge is -2.13. The van der Waals surface area contributed by atoms with Crippen molar-refractivity contribution >= 4 is 12.4 Å². The lowest BCUT2D eigenvalue weighted by molar-refractivity contribution is 0.188. The predicted octanol–water partition coefficient (Wildman–Crippen LogP) is 4.34. The number of hydrogen-bond acceptors (Lipinski definition) is 6. The van der Waals surface area contributed by atoms with E-state index in [0.29, 0.717) is 12.1 Å². The Bertz CT molecular complexity index is 992. The molecular formula is C22H26BF2N5O. The molecule has 0 radical (unpaired) electrons. The zero-order valence-corrected chi connectivity index (χ0v) is 17.8. The third-order valence-corrected chi connectivity index (χ3v) is 5.10. The molecule has 1 fully saturated rings. The van der Waals surface area contributed by atoms with Crippen LogP contribution in [0.4, 0.5) is 8.78 Å². The van der Waals surface area contributed by atoms with Crippen LogP contribution < -0.4 is 5.73 Å². The molecule has 0 unspecified atom stereocenters. The molecule has 1 aromatic carbocycles. The maximum absolute atomic E-state index is 12.9. The quantitative estimate of drug-likeness (QED) is 0.385. The van der Waals surface area contributed by atoms with E-state index < -0.39 is 12.1 Å². The lowest BCUT2D eigenvalue weighted by atomic mass is 9.51. The number of halogens is 2. The summed E-state index contributed by atoms with van der Waals surface area (Å²) in [4.78, 5) is 8.76. The summed E-state index contributed by atoms with van der Waals surface area (Å²) in [6, 6.07) is 8.03.